The number of aliphatic carboxylic acids is 1. The van der Waals surface area contributed by atoms with Gasteiger partial charge in [0.15, 0.2) is 17.5 Å². The third-order valence-electron chi connectivity index (χ3n) is 2.27. The van der Waals surface area contributed by atoms with Crippen LogP contribution in [-0.2, 0) is 9.59 Å². The molecule has 1 amide bonds. The number of thioether (sulfide) groups is 1. The Morgan fingerprint density at radius 3 is 2.55 bits per heavy atom. The number of carboxylic acid groups (broad SMARTS) is 1. The van der Waals surface area contributed by atoms with E-state index in [0.29, 0.717) is 6.07 Å². The molecule has 0 spiro atoms. The van der Waals surface area contributed by atoms with Crippen LogP contribution >= 0.6 is 11.8 Å². The lowest BCUT2D eigenvalue weighted by molar-refractivity contribution is -0.136. The number of anilines is 1. The molecule has 2 N–H and O–H groups in total. The summed E-state index contributed by atoms with van der Waals surface area (Å²) in [6.45, 7) is 1.63. The van der Waals surface area contributed by atoms with Gasteiger partial charge in [-0.3, -0.25) is 9.59 Å². The Bertz CT molecular complexity index is 525. The monoisotopic (exact) mass is 307 g/mol. The topological polar surface area (TPSA) is 66.4 Å². The van der Waals surface area contributed by atoms with Crippen LogP contribution in [0.4, 0.5) is 18.9 Å². The lowest BCUT2D eigenvalue weighted by Crippen LogP contribution is -2.18. The Balaban J connectivity index is 2.55. The van der Waals surface area contributed by atoms with Crippen molar-refractivity contribution in [1.29, 1.82) is 0 Å². The zero-order valence-corrected chi connectivity index (χ0v) is 11.3. The van der Waals surface area contributed by atoms with E-state index in [1.54, 1.807) is 6.92 Å². The van der Waals surface area contributed by atoms with Crippen LogP contribution in [0.5, 0.6) is 0 Å². The van der Waals surface area contributed by atoms with Gasteiger partial charge in [-0.05, 0) is 12.1 Å². The molecule has 1 aromatic carbocycles. The molecular weight excluding hydrogens is 295 g/mol. The Morgan fingerprint density at radius 1 is 1.30 bits per heavy atom. The summed E-state index contributed by atoms with van der Waals surface area (Å²) >= 11 is 1.06. The lowest BCUT2D eigenvalue weighted by Gasteiger charge is -2.10. The van der Waals surface area contributed by atoms with E-state index in [1.165, 1.54) is 0 Å². The molecule has 8 heteroatoms. The minimum absolute atomic E-state index is 0.114. The molecular formula is C12H12F3NO3S. The number of carbonyl (C=O) groups excluding carboxylic acids is 1. The number of halogens is 3. The van der Waals surface area contributed by atoms with Crippen molar-refractivity contribution in [2.24, 2.45) is 0 Å². The molecule has 0 aromatic heterocycles. The van der Waals surface area contributed by atoms with Gasteiger partial charge in [-0.25, -0.2) is 13.2 Å². The van der Waals surface area contributed by atoms with Crippen molar-refractivity contribution in [1.82, 2.24) is 0 Å². The van der Waals surface area contributed by atoms with Gasteiger partial charge >= 0.3 is 5.97 Å². The van der Waals surface area contributed by atoms with Crippen molar-refractivity contribution in [3.63, 3.8) is 0 Å². The van der Waals surface area contributed by atoms with Gasteiger partial charge in [-0.2, -0.15) is 0 Å². The van der Waals surface area contributed by atoms with E-state index in [4.69, 9.17) is 5.11 Å². The number of carboxylic acids is 1. The van der Waals surface area contributed by atoms with E-state index in [9.17, 15) is 22.8 Å². The van der Waals surface area contributed by atoms with Gasteiger partial charge in [-0.1, -0.05) is 6.92 Å². The molecule has 0 fully saturated rings. The predicted molar refractivity (Wildman–Crippen MR) is 69.1 cm³/mol. The maximum absolute atomic E-state index is 13.3. The maximum atomic E-state index is 13.3. The van der Waals surface area contributed by atoms with E-state index in [-0.39, 0.29) is 17.4 Å². The van der Waals surface area contributed by atoms with Crippen molar-refractivity contribution < 1.29 is 27.9 Å². The van der Waals surface area contributed by atoms with Crippen molar-refractivity contribution >= 4 is 29.3 Å². The first-order chi connectivity index (χ1) is 9.31. The average Bonchev–Trinajstić information content (AvgIpc) is 2.36. The zero-order valence-electron chi connectivity index (χ0n) is 10.5. The highest BCUT2D eigenvalue weighted by Crippen LogP contribution is 2.20. The molecule has 4 nitrogen and oxygen atoms in total. The molecule has 0 aliphatic rings. The average molecular weight is 307 g/mol. The number of hydrogen-bond acceptors (Lipinski definition) is 3. The zero-order chi connectivity index (χ0) is 15.3. The summed E-state index contributed by atoms with van der Waals surface area (Å²) in [7, 11) is 0. The third-order valence-corrected chi connectivity index (χ3v) is 3.43. The van der Waals surface area contributed by atoms with Gasteiger partial charge < -0.3 is 10.4 Å². The maximum Gasteiger partial charge on any atom is 0.304 e. The fourth-order valence-corrected chi connectivity index (χ4v) is 2.10. The molecule has 1 unspecified atom stereocenters. The second kappa shape index (κ2) is 7.18. The van der Waals surface area contributed by atoms with E-state index in [2.05, 4.69) is 5.32 Å². The summed E-state index contributed by atoms with van der Waals surface area (Å²) in [5, 5.41) is 10.3. The summed E-state index contributed by atoms with van der Waals surface area (Å²) in [6, 6.07) is 1.62. The highest BCUT2D eigenvalue weighted by atomic mass is 32.2. The molecule has 0 bridgehead atoms. The Morgan fingerprint density at radius 2 is 1.95 bits per heavy atom. The number of amides is 1. The van der Waals surface area contributed by atoms with Crippen molar-refractivity contribution in [2.75, 3.05) is 11.1 Å². The molecule has 0 aliphatic heterocycles. The molecule has 0 aliphatic carbocycles. The van der Waals surface area contributed by atoms with Crippen molar-refractivity contribution in [3.8, 4) is 0 Å². The number of benzene rings is 1. The van der Waals surface area contributed by atoms with Gasteiger partial charge in [-0.15, -0.1) is 11.8 Å². The standard InChI is InChI=1S/C12H12F3NO3S/c1-6(4-10(18)19)20-5-9(17)16-8-3-2-7(13)11(14)12(8)15/h2-3,6H,4-5H2,1H3,(H,16,17)(H,18,19). The molecule has 20 heavy (non-hydrogen) atoms. The highest BCUT2D eigenvalue weighted by Gasteiger charge is 2.16. The van der Waals surface area contributed by atoms with Crippen LogP contribution in [0, 0.1) is 17.5 Å². The molecule has 110 valence electrons. The third kappa shape index (κ3) is 4.76. The van der Waals surface area contributed by atoms with Crippen LogP contribution in [0.15, 0.2) is 12.1 Å². The molecule has 0 saturated carbocycles. The predicted octanol–water partition coefficient (Wildman–Crippen LogP) is 2.64. The van der Waals surface area contributed by atoms with Gasteiger partial charge in [0.05, 0.1) is 17.9 Å². The van der Waals surface area contributed by atoms with E-state index in [1.807, 2.05) is 0 Å². The smallest absolute Gasteiger partial charge is 0.304 e. The lowest BCUT2D eigenvalue weighted by atomic mass is 10.3. The summed E-state index contributed by atoms with van der Waals surface area (Å²) < 4.78 is 38.9. The number of nitrogens with one attached hydrogen (secondary N) is 1. The molecule has 1 atom stereocenters. The van der Waals surface area contributed by atoms with Gasteiger partial charge in [0, 0.05) is 5.25 Å². The summed E-state index contributed by atoms with van der Waals surface area (Å²) in [5.74, 6) is -6.21. The highest BCUT2D eigenvalue weighted by molar-refractivity contribution is 8.00. The van der Waals surface area contributed by atoms with Crippen LogP contribution in [0.1, 0.15) is 13.3 Å². The van der Waals surface area contributed by atoms with Gasteiger partial charge in [0.2, 0.25) is 5.91 Å². The fourth-order valence-electron chi connectivity index (χ4n) is 1.33. The summed E-state index contributed by atoms with van der Waals surface area (Å²) in [5.41, 5.74) is -0.458. The summed E-state index contributed by atoms with van der Waals surface area (Å²) in [6.07, 6.45) is -0.114. The normalized spacial score (nSPS) is 12.0. The van der Waals surface area contributed by atoms with E-state index >= 15 is 0 Å². The Hall–Kier alpha value is -1.70. The number of hydrogen-bond donors (Lipinski definition) is 2. The first kappa shape index (κ1) is 16.4. The second-order valence-corrected chi connectivity index (χ2v) is 5.42. The molecule has 1 aromatic rings. The molecule has 0 radical (unpaired) electrons. The quantitative estimate of drug-likeness (QED) is 0.793. The Labute approximate surface area is 117 Å². The fraction of sp³-hybridized carbons (Fsp3) is 0.333. The molecule has 1 rings (SSSR count). The number of carbonyl (C=O) groups is 2. The minimum atomic E-state index is -1.66. The minimum Gasteiger partial charge on any atom is -0.481 e. The summed E-state index contributed by atoms with van der Waals surface area (Å²) in [4.78, 5) is 21.9. The first-order valence-corrected chi connectivity index (χ1v) is 6.63. The first-order valence-electron chi connectivity index (χ1n) is 5.58. The largest absolute Gasteiger partial charge is 0.481 e. The SMILES string of the molecule is CC(CC(=O)O)SCC(=O)Nc1ccc(F)c(F)c1F. The van der Waals surface area contributed by atoms with Gasteiger partial charge in [0.1, 0.15) is 0 Å². The second-order valence-electron chi connectivity index (χ2n) is 3.99. The van der Waals surface area contributed by atoms with Crippen LogP contribution in [0.2, 0.25) is 0 Å². The van der Waals surface area contributed by atoms with Crippen molar-refractivity contribution in [2.45, 2.75) is 18.6 Å². The van der Waals surface area contributed by atoms with E-state index < -0.39 is 35.0 Å². The molecule has 0 heterocycles. The van der Waals surface area contributed by atoms with Crippen molar-refractivity contribution in [3.05, 3.63) is 29.6 Å². The van der Waals surface area contributed by atoms with Crippen LogP contribution in [0.3, 0.4) is 0 Å². The number of rotatable bonds is 6. The van der Waals surface area contributed by atoms with Gasteiger partial charge in [0.25, 0.3) is 0 Å². The van der Waals surface area contributed by atoms with Crippen LogP contribution < -0.4 is 5.32 Å². The molecule has 0 saturated heterocycles. The van der Waals surface area contributed by atoms with Crippen LogP contribution in [0.25, 0.3) is 0 Å². The Kier molecular flexibility index (Phi) is 5.87. The van der Waals surface area contributed by atoms with E-state index in [0.717, 1.165) is 17.8 Å². The van der Waals surface area contributed by atoms with Crippen LogP contribution in [-0.4, -0.2) is 28.0 Å².